The van der Waals surface area contributed by atoms with Gasteiger partial charge in [0.15, 0.2) is 0 Å². The minimum Gasteiger partial charge on any atom is -0.380 e. The molecule has 2 rings (SSSR count). The number of phosphoric ester groups is 2. The van der Waals surface area contributed by atoms with Crippen LogP contribution in [0.1, 0.15) is 97.8 Å². The Morgan fingerprint density at radius 1 is 0.720 bits per heavy atom. The summed E-state index contributed by atoms with van der Waals surface area (Å²) in [5.41, 5.74) is 0. The molecule has 22 heteroatoms. The van der Waals surface area contributed by atoms with Crippen molar-refractivity contribution in [2.45, 2.75) is 134 Å². The van der Waals surface area contributed by atoms with Gasteiger partial charge >= 0.3 is 23.4 Å². The molecule has 4 N–H and O–H groups in total. The highest BCUT2D eigenvalue weighted by Gasteiger charge is 2.44. The summed E-state index contributed by atoms with van der Waals surface area (Å²) in [5, 5.41) is 4.95. The molecule has 4 radical (unpaired) electrons. The third-order valence-corrected chi connectivity index (χ3v) is 10.9. The number of hydrogen-bond acceptors (Lipinski definition) is 13. The molecule has 9 unspecified atom stereocenters. The van der Waals surface area contributed by atoms with Crippen molar-refractivity contribution in [1.82, 2.24) is 10.4 Å². The molecular weight excluding hydrogens is 719 g/mol. The van der Waals surface area contributed by atoms with Gasteiger partial charge in [-0.1, -0.05) is 59.3 Å². The largest absolute Gasteiger partial charge is 0.472 e. The normalized spacial score (nSPS) is 26.9. The second-order valence-corrected chi connectivity index (χ2v) is 16.5. The lowest BCUT2D eigenvalue weighted by molar-refractivity contribution is -0.122. The predicted octanol–water partition coefficient (Wildman–Crippen LogP) is 4.14. The van der Waals surface area contributed by atoms with E-state index in [2.05, 4.69) is 40.2 Å². The molecule has 2 aliphatic heterocycles. The topological polar surface area (TPSA) is 224 Å². The first-order valence-electron chi connectivity index (χ1n) is 16.9. The van der Waals surface area contributed by atoms with E-state index < -0.39 is 78.9 Å². The Kier molecular flexibility index (Phi) is 23.3. The fourth-order valence-electron chi connectivity index (χ4n) is 4.72. The van der Waals surface area contributed by atoms with Crippen molar-refractivity contribution in [3.05, 3.63) is 0 Å². The highest BCUT2D eigenvalue weighted by molar-refractivity contribution is 7.52. The number of amides is 2. The van der Waals surface area contributed by atoms with Crippen LogP contribution in [0.15, 0.2) is 0 Å². The number of nitrogens with one attached hydrogen (secondary N) is 2. The van der Waals surface area contributed by atoms with Crippen molar-refractivity contribution < 1.29 is 69.7 Å². The van der Waals surface area contributed by atoms with E-state index in [4.69, 9.17) is 43.3 Å². The minimum atomic E-state index is -4.59. The number of unbranched alkanes of at least 4 members (excludes halogenated alkanes) is 5. The quantitative estimate of drug-likeness (QED) is 0.0615. The van der Waals surface area contributed by atoms with Gasteiger partial charge in [0, 0.05) is 45.6 Å². The van der Waals surface area contributed by atoms with Gasteiger partial charge in [0.05, 0.1) is 25.4 Å². The Morgan fingerprint density at radius 3 is 1.76 bits per heavy atom. The Hall–Kier alpha value is -0.640. The smallest absolute Gasteiger partial charge is 0.380 e. The molecule has 50 heavy (non-hydrogen) atoms. The maximum absolute atomic E-state index is 13.9. The van der Waals surface area contributed by atoms with Crippen molar-refractivity contribution in [2.24, 2.45) is 0 Å². The van der Waals surface area contributed by atoms with Crippen molar-refractivity contribution in [3.8, 4) is 0 Å². The number of hydrogen-bond donors (Lipinski definition) is 4. The van der Waals surface area contributed by atoms with Crippen LogP contribution in [0.3, 0.4) is 0 Å². The van der Waals surface area contributed by atoms with Crippen LogP contribution in [-0.4, -0.2) is 108 Å². The Labute approximate surface area is 298 Å². The third-order valence-electron chi connectivity index (χ3n) is 7.40. The number of carbonyl (C=O) groups is 2. The molecule has 0 bridgehead atoms. The van der Waals surface area contributed by atoms with Gasteiger partial charge in [-0.25, -0.2) is 13.7 Å². The van der Waals surface area contributed by atoms with E-state index >= 15 is 0 Å². The van der Waals surface area contributed by atoms with E-state index in [1.165, 1.54) is 19.3 Å². The molecule has 9 atom stereocenters. The molecule has 288 valence electrons. The summed E-state index contributed by atoms with van der Waals surface area (Å²) >= 11 is 0. The summed E-state index contributed by atoms with van der Waals surface area (Å²) in [4.78, 5) is 44.1. The molecule has 17 nitrogen and oxygen atoms in total. The molecule has 0 aromatic carbocycles. The standard InChI is InChI=1S/C23H43B2N2O15P3.C5H12/c1-4-5-6-7-9-22(28)26-11-8-10-23(29)27-43(30,37-14-18-17(13-21(25)39-18)42-45(33,34)36-3)41-16-12-20(24)40-19(16)15-38-44(31,32)35-2;1-3-5-4-2/h16-21H,4-15H2,1-3H3,(H,26,28)(H,31,32)(H,33,34)(H,27,29,30);3-5H2,1-2H3. The zero-order chi connectivity index (χ0) is 37.8. The van der Waals surface area contributed by atoms with E-state index in [-0.39, 0.29) is 38.1 Å². The lowest BCUT2D eigenvalue weighted by Gasteiger charge is -2.27. The van der Waals surface area contributed by atoms with Gasteiger partial charge in [0.2, 0.25) is 11.8 Å². The average Bonchev–Trinajstić information content (AvgIpc) is 3.58. The monoisotopic (exact) mass is 774 g/mol. The maximum Gasteiger partial charge on any atom is 0.472 e. The van der Waals surface area contributed by atoms with Crippen LogP contribution in [0.25, 0.3) is 0 Å². The molecule has 0 spiro atoms. The molecule has 2 heterocycles. The van der Waals surface area contributed by atoms with Gasteiger partial charge in [-0.3, -0.25) is 41.8 Å². The molecule has 2 saturated heterocycles. The van der Waals surface area contributed by atoms with Crippen LogP contribution in [-0.2, 0) is 59.9 Å². The Balaban J connectivity index is 0.00000232. The van der Waals surface area contributed by atoms with Crippen LogP contribution in [0.2, 0.25) is 0 Å². The Morgan fingerprint density at radius 2 is 1.24 bits per heavy atom. The summed E-state index contributed by atoms with van der Waals surface area (Å²) in [6.07, 6.45) is 3.71. The molecule has 2 aliphatic rings. The van der Waals surface area contributed by atoms with Crippen LogP contribution in [0.5, 0.6) is 0 Å². The summed E-state index contributed by atoms with van der Waals surface area (Å²) < 4.78 is 78.5. The highest BCUT2D eigenvalue weighted by Crippen LogP contribution is 2.50. The van der Waals surface area contributed by atoms with Crippen LogP contribution >= 0.6 is 23.4 Å². The van der Waals surface area contributed by atoms with E-state index in [1.54, 1.807) is 0 Å². The van der Waals surface area contributed by atoms with Crippen LogP contribution < -0.4 is 10.4 Å². The van der Waals surface area contributed by atoms with Crippen LogP contribution in [0, 0.1) is 0 Å². The van der Waals surface area contributed by atoms with E-state index in [9.17, 15) is 33.1 Å². The van der Waals surface area contributed by atoms with Crippen LogP contribution in [0.4, 0.5) is 0 Å². The van der Waals surface area contributed by atoms with Gasteiger partial charge in [0.1, 0.15) is 27.9 Å². The molecule has 2 amide bonds. The minimum absolute atomic E-state index is 0.0325. The number of carbonyl (C=O) groups excluding carboxylic acids is 2. The van der Waals surface area contributed by atoms with Gasteiger partial charge in [-0.05, 0) is 25.7 Å². The number of ether oxygens (including phenoxy) is 2. The molecule has 0 aromatic heterocycles. The first-order chi connectivity index (χ1) is 23.5. The van der Waals surface area contributed by atoms with Crippen molar-refractivity contribution in [2.75, 3.05) is 34.0 Å². The number of rotatable bonds is 24. The second-order valence-electron chi connectivity index (χ2n) is 11.7. The van der Waals surface area contributed by atoms with Gasteiger partial charge < -0.3 is 24.6 Å². The molecule has 0 aromatic rings. The van der Waals surface area contributed by atoms with E-state index in [0.29, 0.717) is 6.42 Å². The van der Waals surface area contributed by atoms with E-state index in [1.807, 2.05) is 0 Å². The molecular formula is C28H55B2N2O15P3. The number of phosphoric acid groups is 2. The summed E-state index contributed by atoms with van der Waals surface area (Å²) in [6, 6.07) is -1.87. The highest BCUT2D eigenvalue weighted by atomic mass is 31.2. The molecule has 0 aliphatic carbocycles. The van der Waals surface area contributed by atoms with E-state index in [0.717, 1.165) is 39.9 Å². The van der Waals surface area contributed by atoms with Gasteiger partial charge in [-0.15, -0.1) is 0 Å². The third kappa shape index (κ3) is 20.0. The van der Waals surface area contributed by atoms with Gasteiger partial charge in [0.25, 0.3) is 0 Å². The summed E-state index contributed by atoms with van der Waals surface area (Å²) in [5.74, 6) is -0.884. The average molecular weight is 774 g/mol. The lowest BCUT2D eigenvalue weighted by Crippen LogP contribution is -2.34. The van der Waals surface area contributed by atoms with Crippen molar-refractivity contribution >= 4 is 50.9 Å². The SMILES string of the molecule is CCCCC.[B]C1CC(OP(=O)(O)OC)C(COP(=O)(NC(=O)CCCNC(=O)CCCCCC)OC2CC([B])OC2COP(=O)(O)OC)O1. The first kappa shape index (κ1) is 47.4. The Bertz CT molecular complexity index is 1140. The van der Waals surface area contributed by atoms with Crippen molar-refractivity contribution in [1.29, 1.82) is 0 Å². The van der Waals surface area contributed by atoms with Gasteiger partial charge in [-0.2, -0.15) is 0 Å². The first-order valence-corrected chi connectivity index (χ1v) is 21.5. The zero-order valence-corrected chi connectivity index (χ0v) is 32.5. The lowest BCUT2D eigenvalue weighted by atomic mass is 9.96. The zero-order valence-electron chi connectivity index (χ0n) is 29.8. The summed E-state index contributed by atoms with van der Waals surface area (Å²) in [7, 11) is 0.128. The van der Waals surface area contributed by atoms with Crippen molar-refractivity contribution in [3.63, 3.8) is 0 Å². The predicted molar refractivity (Wildman–Crippen MR) is 185 cm³/mol. The molecule has 2 fully saturated rings. The maximum atomic E-state index is 13.9. The summed E-state index contributed by atoms with van der Waals surface area (Å²) in [6.45, 7) is 5.57. The molecule has 0 saturated carbocycles. The fourth-order valence-corrected chi connectivity index (χ4v) is 7.33. The second kappa shape index (κ2) is 24.6. The fraction of sp³-hybridized carbons (Fsp3) is 0.929.